The van der Waals surface area contributed by atoms with Crippen LogP contribution in [0.4, 0.5) is 5.82 Å². The van der Waals surface area contributed by atoms with Crippen LogP contribution < -0.4 is 10.9 Å². The van der Waals surface area contributed by atoms with Crippen LogP contribution in [0.25, 0.3) is 11.7 Å². The van der Waals surface area contributed by atoms with Gasteiger partial charge < -0.3 is 10.1 Å². The van der Waals surface area contributed by atoms with Gasteiger partial charge >= 0.3 is 0 Å². The largest absolute Gasteiger partial charge is 0.376 e. The molecule has 0 aliphatic carbocycles. The molecule has 1 N–H and O–H groups in total. The number of pyridine rings is 1. The molecule has 0 saturated carbocycles. The van der Waals surface area contributed by atoms with Gasteiger partial charge in [0, 0.05) is 25.4 Å². The minimum absolute atomic E-state index is 0.00832. The van der Waals surface area contributed by atoms with E-state index in [0.29, 0.717) is 32.8 Å². The lowest BCUT2D eigenvalue weighted by atomic mass is 10.2. The first-order chi connectivity index (χ1) is 14.9. The maximum Gasteiger partial charge on any atom is 0.267 e. The number of hydrogen-bond donors (Lipinski definition) is 1. The summed E-state index contributed by atoms with van der Waals surface area (Å²) in [6.45, 7) is 7.22. The smallest absolute Gasteiger partial charge is 0.267 e. The average Bonchev–Trinajstić information content (AvgIpc) is 3.36. The van der Waals surface area contributed by atoms with E-state index in [-0.39, 0.29) is 23.6 Å². The van der Waals surface area contributed by atoms with Crippen LogP contribution in [0.1, 0.15) is 44.2 Å². The summed E-state index contributed by atoms with van der Waals surface area (Å²) >= 11 is 6.66. The highest BCUT2D eigenvalue weighted by Gasteiger charge is 2.35. The lowest BCUT2D eigenvalue weighted by Gasteiger charge is -2.21. The molecule has 2 aliphatic rings. The molecule has 0 spiro atoms. The maximum absolute atomic E-state index is 13.4. The molecule has 0 unspecified atom stereocenters. The monoisotopic (exact) mass is 458 g/mol. The van der Waals surface area contributed by atoms with Crippen molar-refractivity contribution in [1.82, 2.24) is 14.3 Å². The second kappa shape index (κ2) is 9.10. The molecule has 2 atom stereocenters. The summed E-state index contributed by atoms with van der Waals surface area (Å²) in [4.78, 5) is 33.1. The second-order valence-electron chi connectivity index (χ2n) is 7.94. The Kier molecular flexibility index (Phi) is 6.45. The van der Waals surface area contributed by atoms with Gasteiger partial charge in [-0.25, -0.2) is 4.98 Å². The van der Waals surface area contributed by atoms with Gasteiger partial charge in [0.2, 0.25) is 0 Å². The molecule has 1 amide bonds. The number of fused-ring (bicyclic) bond motifs is 1. The van der Waals surface area contributed by atoms with Gasteiger partial charge in [0.15, 0.2) is 0 Å². The van der Waals surface area contributed by atoms with Crippen LogP contribution in [0.5, 0.6) is 0 Å². The molecule has 4 rings (SSSR count). The first-order valence-corrected chi connectivity index (χ1v) is 11.8. The minimum Gasteiger partial charge on any atom is -0.376 e. The predicted octanol–water partition coefficient (Wildman–Crippen LogP) is 3.59. The number of aryl methyl sites for hydroxylation is 1. The molecule has 2 aliphatic heterocycles. The van der Waals surface area contributed by atoms with Gasteiger partial charge in [0.25, 0.3) is 11.5 Å². The number of ether oxygens (including phenoxy) is 1. The average molecular weight is 459 g/mol. The molecule has 9 heteroatoms. The highest BCUT2D eigenvalue weighted by Crippen LogP contribution is 2.34. The Bertz CT molecular complexity index is 1120. The van der Waals surface area contributed by atoms with Crippen LogP contribution in [0, 0.1) is 6.92 Å². The van der Waals surface area contributed by atoms with Crippen molar-refractivity contribution in [1.29, 1.82) is 0 Å². The van der Waals surface area contributed by atoms with Crippen LogP contribution in [0.2, 0.25) is 0 Å². The fourth-order valence-electron chi connectivity index (χ4n) is 3.71. The normalized spacial score (nSPS) is 21.5. The Morgan fingerprint density at radius 3 is 2.94 bits per heavy atom. The molecule has 31 heavy (non-hydrogen) atoms. The van der Waals surface area contributed by atoms with Crippen molar-refractivity contribution in [3.63, 3.8) is 0 Å². The molecule has 0 aromatic carbocycles. The number of carbonyl (C=O) groups excluding carboxylic acids is 1. The lowest BCUT2D eigenvalue weighted by Crippen LogP contribution is -2.36. The van der Waals surface area contributed by atoms with Gasteiger partial charge in [-0.05, 0) is 50.8 Å². The summed E-state index contributed by atoms with van der Waals surface area (Å²) in [7, 11) is 0. The number of thioether (sulfide) groups is 1. The van der Waals surface area contributed by atoms with E-state index < -0.39 is 0 Å². The Morgan fingerprint density at radius 2 is 2.23 bits per heavy atom. The highest BCUT2D eigenvalue weighted by molar-refractivity contribution is 8.26. The lowest BCUT2D eigenvalue weighted by molar-refractivity contribution is -0.123. The minimum atomic E-state index is -0.225. The van der Waals surface area contributed by atoms with E-state index in [1.807, 2.05) is 32.9 Å². The number of thiocarbonyl (C=S) groups is 1. The zero-order valence-corrected chi connectivity index (χ0v) is 19.5. The summed E-state index contributed by atoms with van der Waals surface area (Å²) in [5.41, 5.74) is 1.63. The third-order valence-corrected chi connectivity index (χ3v) is 6.99. The number of anilines is 1. The molecule has 7 nitrogen and oxygen atoms in total. The Morgan fingerprint density at radius 1 is 1.42 bits per heavy atom. The third kappa shape index (κ3) is 4.40. The molecule has 0 radical (unpaired) electrons. The molecule has 4 heterocycles. The quantitative estimate of drug-likeness (QED) is 0.524. The Hall–Kier alpha value is -2.23. The standard InChI is InChI=1S/C22H26N4O3S2/c1-4-14(3)26-21(28)17(31-22(26)30)10-16-19(23-11-15-6-5-9-29-15)24-18-8-7-13(2)12-25(18)20(16)27/h7-8,10,12,14-15,23H,4-6,9,11H2,1-3H3/b17-10-/t14-,15+/m0/s1. The van der Waals surface area contributed by atoms with Gasteiger partial charge in [-0.15, -0.1) is 0 Å². The fraction of sp³-hybridized carbons (Fsp3) is 0.455. The van der Waals surface area contributed by atoms with Crippen molar-refractivity contribution >= 4 is 51.7 Å². The van der Waals surface area contributed by atoms with Gasteiger partial charge in [0.05, 0.1) is 16.6 Å². The van der Waals surface area contributed by atoms with Crippen molar-refractivity contribution in [3.05, 3.63) is 44.7 Å². The summed E-state index contributed by atoms with van der Waals surface area (Å²) in [5.74, 6) is 0.293. The third-order valence-electron chi connectivity index (χ3n) is 5.66. The topological polar surface area (TPSA) is 75.9 Å². The fourth-order valence-corrected chi connectivity index (χ4v) is 5.16. The highest BCUT2D eigenvalue weighted by atomic mass is 32.2. The number of amides is 1. The van der Waals surface area contributed by atoms with E-state index in [4.69, 9.17) is 17.0 Å². The first kappa shape index (κ1) is 22.0. The zero-order chi connectivity index (χ0) is 22.1. The molecular formula is C22H26N4O3S2. The Balaban J connectivity index is 1.77. The zero-order valence-electron chi connectivity index (χ0n) is 17.9. The molecule has 2 aromatic rings. The van der Waals surface area contributed by atoms with Crippen molar-refractivity contribution in [3.8, 4) is 0 Å². The molecule has 2 aromatic heterocycles. The van der Waals surface area contributed by atoms with Crippen LogP contribution in [0.15, 0.2) is 28.0 Å². The molecule has 2 fully saturated rings. The van der Waals surface area contributed by atoms with Crippen LogP contribution >= 0.6 is 24.0 Å². The number of rotatable bonds is 6. The Labute approximate surface area is 190 Å². The van der Waals surface area contributed by atoms with Gasteiger partial charge in [0.1, 0.15) is 15.8 Å². The number of carbonyl (C=O) groups is 1. The van der Waals surface area contributed by atoms with Gasteiger partial charge in [-0.2, -0.15) is 0 Å². The molecule has 0 bridgehead atoms. The second-order valence-corrected chi connectivity index (χ2v) is 9.61. The number of nitrogens with zero attached hydrogens (tertiary/aromatic N) is 3. The summed E-state index contributed by atoms with van der Waals surface area (Å²) < 4.78 is 7.73. The van der Waals surface area contributed by atoms with Gasteiger partial charge in [-0.3, -0.25) is 18.9 Å². The molecular weight excluding hydrogens is 432 g/mol. The van der Waals surface area contributed by atoms with E-state index in [1.165, 1.54) is 16.2 Å². The van der Waals surface area contributed by atoms with Crippen LogP contribution in [-0.4, -0.2) is 49.8 Å². The predicted molar refractivity (Wildman–Crippen MR) is 128 cm³/mol. The number of hydrogen-bond acceptors (Lipinski definition) is 7. The van der Waals surface area contributed by atoms with E-state index >= 15 is 0 Å². The number of nitrogens with one attached hydrogen (secondary N) is 1. The van der Waals surface area contributed by atoms with Crippen molar-refractivity contribution in [2.75, 3.05) is 18.5 Å². The van der Waals surface area contributed by atoms with Crippen molar-refractivity contribution in [2.24, 2.45) is 0 Å². The van der Waals surface area contributed by atoms with E-state index in [0.717, 1.165) is 31.4 Å². The van der Waals surface area contributed by atoms with E-state index in [1.54, 1.807) is 17.2 Å². The van der Waals surface area contributed by atoms with E-state index in [2.05, 4.69) is 10.3 Å². The van der Waals surface area contributed by atoms with Crippen LogP contribution in [0.3, 0.4) is 0 Å². The molecule has 164 valence electrons. The maximum atomic E-state index is 13.4. The SMILES string of the molecule is CC[C@H](C)N1C(=O)/C(=C/c2c(NC[C@H]3CCCO3)nc3ccc(C)cn3c2=O)SC1=S. The van der Waals surface area contributed by atoms with E-state index in [9.17, 15) is 9.59 Å². The van der Waals surface area contributed by atoms with Gasteiger partial charge in [-0.1, -0.05) is 37.0 Å². The summed E-state index contributed by atoms with van der Waals surface area (Å²) in [6.07, 6.45) is 6.29. The van der Waals surface area contributed by atoms with Crippen LogP contribution in [-0.2, 0) is 9.53 Å². The summed E-state index contributed by atoms with van der Waals surface area (Å²) in [5, 5.41) is 3.29. The molecule has 2 saturated heterocycles. The van der Waals surface area contributed by atoms with Crippen molar-refractivity contribution in [2.45, 2.75) is 52.2 Å². The number of aromatic nitrogens is 2. The summed E-state index contributed by atoms with van der Waals surface area (Å²) in [6, 6.07) is 3.75. The first-order valence-electron chi connectivity index (χ1n) is 10.5. The van der Waals surface area contributed by atoms with Crippen molar-refractivity contribution < 1.29 is 9.53 Å².